The van der Waals surface area contributed by atoms with Gasteiger partial charge < -0.3 is 19.8 Å². The molecule has 0 unspecified atom stereocenters. The minimum atomic E-state index is -0.617. The molecule has 27 heavy (non-hydrogen) atoms. The molecule has 3 aromatic rings. The lowest BCUT2D eigenvalue weighted by Gasteiger charge is -2.12. The van der Waals surface area contributed by atoms with Crippen molar-refractivity contribution in [1.29, 1.82) is 0 Å². The predicted octanol–water partition coefficient (Wildman–Crippen LogP) is 2.04. The van der Waals surface area contributed by atoms with Gasteiger partial charge >= 0.3 is 0 Å². The first kappa shape index (κ1) is 18.8. The van der Waals surface area contributed by atoms with Crippen LogP contribution in [0.1, 0.15) is 24.4 Å². The first-order chi connectivity index (χ1) is 12.9. The van der Waals surface area contributed by atoms with Gasteiger partial charge in [0.1, 0.15) is 24.2 Å². The zero-order valence-electron chi connectivity index (χ0n) is 15.2. The molecular weight excluding hydrogens is 356 g/mol. The van der Waals surface area contributed by atoms with Gasteiger partial charge in [-0.05, 0) is 25.1 Å². The highest BCUT2D eigenvalue weighted by Crippen LogP contribution is 2.29. The lowest BCUT2D eigenvalue weighted by atomic mass is 10.1. The Bertz CT molecular complexity index is 1040. The molecule has 0 spiro atoms. The van der Waals surface area contributed by atoms with Crippen molar-refractivity contribution in [3.63, 3.8) is 0 Å². The molecule has 0 saturated carbocycles. The molecule has 8 heteroatoms. The first-order valence-corrected chi connectivity index (χ1v) is 8.36. The number of methoxy groups -OCH3 is 2. The highest BCUT2D eigenvalue weighted by molar-refractivity contribution is 5.81. The van der Waals surface area contributed by atoms with Crippen LogP contribution >= 0.6 is 0 Å². The number of rotatable bonds is 6. The molecule has 0 aliphatic carbocycles. The number of nitrogens with zero attached hydrogens (tertiary/aromatic N) is 1. The zero-order valence-corrected chi connectivity index (χ0v) is 15.2. The number of hydrogen-bond donors (Lipinski definition) is 2. The van der Waals surface area contributed by atoms with Crippen molar-refractivity contribution in [3.05, 3.63) is 63.7 Å². The average molecular weight is 376 g/mol. The number of nitrogens with one attached hydrogen (secondary N) is 1. The second-order valence-corrected chi connectivity index (χ2v) is 6.13. The molecule has 3 N–H and O–H groups in total. The smallest absolute Gasteiger partial charge is 0.259 e. The minimum Gasteiger partial charge on any atom is -0.493 e. The van der Waals surface area contributed by atoms with Crippen LogP contribution in [0.3, 0.4) is 0 Å². The van der Waals surface area contributed by atoms with Gasteiger partial charge in [0.05, 0.1) is 25.1 Å². The summed E-state index contributed by atoms with van der Waals surface area (Å²) < 4.78 is 37.4. The van der Waals surface area contributed by atoms with Crippen molar-refractivity contribution in [2.75, 3.05) is 14.2 Å². The fourth-order valence-corrected chi connectivity index (χ4v) is 2.90. The molecule has 0 amide bonds. The van der Waals surface area contributed by atoms with Gasteiger partial charge in [0.2, 0.25) is 0 Å². The summed E-state index contributed by atoms with van der Waals surface area (Å²) in [5, 5.41) is 2.19. The molecule has 3 rings (SSSR count). The molecule has 1 aromatic heterocycles. The average Bonchev–Trinajstić information content (AvgIpc) is 2.65. The monoisotopic (exact) mass is 376 g/mol. The highest BCUT2D eigenvalue weighted by atomic mass is 19.1. The Morgan fingerprint density at radius 2 is 1.85 bits per heavy atom. The van der Waals surface area contributed by atoms with E-state index in [9.17, 15) is 13.6 Å². The van der Waals surface area contributed by atoms with Crippen LogP contribution in [0.4, 0.5) is 8.78 Å². The topological polar surface area (TPSA) is 80.8 Å². The molecule has 0 fully saturated rings. The number of aromatic nitrogens is 2. The number of aromatic amines is 1. The number of benzene rings is 2. The molecule has 2 aromatic carbocycles. The molecule has 6 nitrogen and oxygen atoms in total. The van der Waals surface area contributed by atoms with E-state index in [2.05, 4.69) is 9.97 Å². The standard InChI is InChI=1S/C19H19F2N3O3/c1-10(12-5-4-11(20)6-14(12)21)22-9-18-23-15-8-17(27-3)16(26-2)7-13(15)19(25)24-18/h4-8,10,22H,9H2,1-3H3,(H,23,24,25)/p+1/t10-/m0/s1. The minimum absolute atomic E-state index is 0.281. The summed E-state index contributed by atoms with van der Waals surface area (Å²) >= 11 is 0. The summed E-state index contributed by atoms with van der Waals surface area (Å²) in [6, 6.07) is 6.42. The van der Waals surface area contributed by atoms with Gasteiger partial charge in [-0.25, -0.2) is 13.8 Å². The van der Waals surface area contributed by atoms with E-state index in [1.54, 1.807) is 24.4 Å². The maximum atomic E-state index is 13.9. The Kier molecular flexibility index (Phi) is 5.36. The highest BCUT2D eigenvalue weighted by Gasteiger charge is 2.16. The lowest BCUT2D eigenvalue weighted by Crippen LogP contribution is -2.83. The molecule has 0 aliphatic rings. The van der Waals surface area contributed by atoms with Gasteiger partial charge in [-0.15, -0.1) is 0 Å². The molecule has 0 aliphatic heterocycles. The van der Waals surface area contributed by atoms with Crippen molar-refractivity contribution in [2.45, 2.75) is 19.5 Å². The maximum absolute atomic E-state index is 13.9. The van der Waals surface area contributed by atoms with Gasteiger partial charge in [-0.2, -0.15) is 0 Å². The van der Waals surface area contributed by atoms with Crippen LogP contribution in [0.5, 0.6) is 11.5 Å². The van der Waals surface area contributed by atoms with E-state index in [1.807, 2.05) is 0 Å². The molecule has 142 valence electrons. The fraction of sp³-hybridized carbons (Fsp3) is 0.263. The molecule has 0 bridgehead atoms. The third-order valence-corrected chi connectivity index (χ3v) is 4.38. The van der Waals surface area contributed by atoms with Crippen molar-refractivity contribution < 1.29 is 23.6 Å². The number of nitrogens with two attached hydrogens (primary N) is 1. The van der Waals surface area contributed by atoms with Crippen LogP contribution in [0.2, 0.25) is 0 Å². The largest absolute Gasteiger partial charge is 0.493 e. The first-order valence-electron chi connectivity index (χ1n) is 8.36. The number of quaternary nitrogens is 1. The summed E-state index contributed by atoms with van der Waals surface area (Å²) in [5.41, 5.74) is 0.552. The number of hydrogen-bond acceptors (Lipinski definition) is 4. The Hall–Kier alpha value is -3.00. The van der Waals surface area contributed by atoms with Crippen molar-refractivity contribution in [2.24, 2.45) is 0 Å². The van der Waals surface area contributed by atoms with E-state index < -0.39 is 11.6 Å². The Morgan fingerprint density at radius 3 is 2.52 bits per heavy atom. The SMILES string of the molecule is COc1cc2nc(C[NH2+][C@@H](C)c3ccc(F)cc3F)[nH]c(=O)c2cc1OC. The number of halogens is 2. The summed E-state index contributed by atoms with van der Waals surface area (Å²) in [6.45, 7) is 2.11. The van der Waals surface area contributed by atoms with E-state index in [0.717, 1.165) is 6.07 Å². The maximum Gasteiger partial charge on any atom is 0.259 e. The van der Waals surface area contributed by atoms with Crippen molar-refractivity contribution in [3.8, 4) is 11.5 Å². The van der Waals surface area contributed by atoms with Crippen molar-refractivity contribution >= 4 is 10.9 Å². The summed E-state index contributed by atoms with van der Waals surface area (Å²) in [7, 11) is 3.00. The Balaban J connectivity index is 1.85. The summed E-state index contributed by atoms with van der Waals surface area (Å²) in [6.07, 6.45) is 0. The van der Waals surface area contributed by atoms with Crippen LogP contribution in [0.25, 0.3) is 10.9 Å². The molecular formula is C19H20F2N3O3+. The third kappa shape index (κ3) is 3.90. The molecule has 1 atom stereocenters. The Morgan fingerprint density at radius 1 is 1.15 bits per heavy atom. The fourth-order valence-electron chi connectivity index (χ4n) is 2.90. The lowest BCUT2D eigenvalue weighted by molar-refractivity contribution is -0.709. The van der Waals surface area contributed by atoms with Gasteiger partial charge in [0.25, 0.3) is 5.56 Å². The quantitative estimate of drug-likeness (QED) is 0.690. The van der Waals surface area contributed by atoms with Crippen LogP contribution in [0, 0.1) is 11.6 Å². The van der Waals surface area contributed by atoms with Crippen LogP contribution in [-0.4, -0.2) is 24.2 Å². The molecule has 0 radical (unpaired) electrons. The van der Waals surface area contributed by atoms with Crippen LogP contribution in [-0.2, 0) is 6.54 Å². The van der Waals surface area contributed by atoms with Gasteiger partial charge in [0.15, 0.2) is 17.3 Å². The number of ether oxygens (including phenoxy) is 2. The number of fused-ring (bicyclic) bond motifs is 1. The Labute approximate surface area is 154 Å². The van der Waals surface area contributed by atoms with E-state index in [4.69, 9.17) is 9.47 Å². The second kappa shape index (κ2) is 7.71. The predicted molar refractivity (Wildman–Crippen MR) is 95.9 cm³/mol. The summed E-state index contributed by atoms with van der Waals surface area (Å²) in [5.74, 6) is 0.134. The number of H-pyrrole nitrogens is 1. The van der Waals surface area contributed by atoms with E-state index in [-0.39, 0.29) is 11.6 Å². The van der Waals surface area contributed by atoms with E-state index in [0.29, 0.717) is 40.3 Å². The van der Waals surface area contributed by atoms with E-state index >= 15 is 0 Å². The molecule has 1 heterocycles. The second-order valence-electron chi connectivity index (χ2n) is 6.13. The van der Waals surface area contributed by atoms with E-state index in [1.165, 1.54) is 26.4 Å². The normalized spacial score (nSPS) is 12.2. The van der Waals surface area contributed by atoms with Gasteiger partial charge in [0, 0.05) is 17.7 Å². The van der Waals surface area contributed by atoms with Gasteiger partial charge in [-0.1, -0.05) is 0 Å². The zero-order chi connectivity index (χ0) is 19.6. The third-order valence-electron chi connectivity index (χ3n) is 4.38. The summed E-state index contributed by atoms with van der Waals surface area (Å²) in [4.78, 5) is 19.5. The van der Waals surface area contributed by atoms with Gasteiger partial charge in [-0.3, -0.25) is 4.79 Å². The van der Waals surface area contributed by atoms with Crippen LogP contribution in [0.15, 0.2) is 35.1 Å². The molecule has 0 saturated heterocycles. The van der Waals surface area contributed by atoms with Crippen LogP contribution < -0.4 is 20.3 Å². The van der Waals surface area contributed by atoms with Crippen molar-refractivity contribution in [1.82, 2.24) is 9.97 Å².